The Morgan fingerprint density at radius 2 is 1.75 bits per heavy atom. The third-order valence-electron chi connectivity index (χ3n) is 4.27. The molecule has 0 aliphatic carbocycles. The van der Waals surface area contributed by atoms with E-state index in [2.05, 4.69) is 0 Å². The highest BCUT2D eigenvalue weighted by Gasteiger charge is 2.24. The number of sulfonamides is 1. The molecule has 2 aromatic carbocycles. The fourth-order valence-corrected chi connectivity index (χ4v) is 4.72. The molecule has 28 heavy (non-hydrogen) atoms. The second-order valence-corrected chi connectivity index (χ2v) is 9.22. The maximum Gasteiger partial charge on any atom is 0.321 e. The van der Waals surface area contributed by atoms with Gasteiger partial charge in [-0.15, -0.1) is 11.3 Å². The third kappa shape index (κ3) is 4.30. The van der Waals surface area contributed by atoms with Gasteiger partial charge in [0.15, 0.2) is 5.78 Å². The molecule has 3 rings (SSSR count). The Morgan fingerprint density at radius 3 is 2.43 bits per heavy atom. The van der Waals surface area contributed by atoms with Crippen LogP contribution in [0.1, 0.15) is 22.8 Å². The number of hydrogen-bond acceptors (Lipinski definition) is 6. The predicted molar refractivity (Wildman–Crippen MR) is 108 cm³/mol. The minimum Gasteiger partial charge on any atom is -0.460 e. The van der Waals surface area contributed by atoms with E-state index in [1.807, 2.05) is 29.6 Å². The number of carbonyl (C=O) groups is 2. The molecule has 0 fully saturated rings. The van der Waals surface area contributed by atoms with E-state index in [4.69, 9.17) is 4.74 Å². The first kappa shape index (κ1) is 20.2. The summed E-state index contributed by atoms with van der Waals surface area (Å²) in [4.78, 5) is 23.5. The summed E-state index contributed by atoms with van der Waals surface area (Å²) in [7, 11) is -2.55. The monoisotopic (exact) mass is 417 g/mol. The lowest BCUT2D eigenvalue weighted by Gasteiger charge is -2.16. The van der Waals surface area contributed by atoms with Crippen LogP contribution in [0.5, 0.6) is 0 Å². The van der Waals surface area contributed by atoms with Crippen molar-refractivity contribution in [2.75, 3.05) is 13.6 Å². The van der Waals surface area contributed by atoms with E-state index < -0.39 is 22.5 Å². The van der Waals surface area contributed by atoms with Crippen LogP contribution in [-0.2, 0) is 26.2 Å². The van der Waals surface area contributed by atoms with Crippen molar-refractivity contribution in [3.8, 4) is 0 Å². The van der Waals surface area contributed by atoms with Gasteiger partial charge in [-0.05, 0) is 35.9 Å². The number of likely N-dealkylation sites (N-methyl/N-ethyl adjacent to an activating group) is 1. The molecule has 0 saturated carbocycles. The molecule has 8 heteroatoms. The van der Waals surface area contributed by atoms with Gasteiger partial charge >= 0.3 is 5.97 Å². The number of nitrogens with zero attached hydrogens (tertiary/aromatic N) is 1. The molecular weight excluding hydrogens is 398 g/mol. The van der Waals surface area contributed by atoms with Crippen LogP contribution in [0.4, 0.5) is 0 Å². The molecule has 0 N–H and O–H groups in total. The Morgan fingerprint density at radius 1 is 1.07 bits per heavy atom. The summed E-state index contributed by atoms with van der Waals surface area (Å²) in [6, 6.07) is 13.4. The topological polar surface area (TPSA) is 80.8 Å². The highest BCUT2D eigenvalue weighted by Crippen LogP contribution is 2.26. The first-order valence-corrected chi connectivity index (χ1v) is 10.8. The average Bonchev–Trinajstić information content (AvgIpc) is 3.09. The van der Waals surface area contributed by atoms with Crippen LogP contribution in [0.3, 0.4) is 0 Å². The normalized spacial score (nSPS) is 11.7. The molecule has 6 nitrogen and oxygen atoms in total. The van der Waals surface area contributed by atoms with Crippen LogP contribution in [0.15, 0.2) is 58.8 Å². The van der Waals surface area contributed by atoms with E-state index in [0.29, 0.717) is 5.56 Å². The van der Waals surface area contributed by atoms with E-state index in [0.717, 1.165) is 20.0 Å². The smallest absolute Gasteiger partial charge is 0.321 e. The summed E-state index contributed by atoms with van der Waals surface area (Å²) in [5.74, 6) is -0.788. The molecule has 0 saturated heterocycles. The molecule has 0 spiro atoms. The first-order valence-electron chi connectivity index (χ1n) is 8.47. The Bertz CT molecular complexity index is 1120. The minimum absolute atomic E-state index is 0.0108. The fourth-order valence-electron chi connectivity index (χ4n) is 2.66. The van der Waals surface area contributed by atoms with E-state index >= 15 is 0 Å². The fraction of sp³-hybridized carbons (Fsp3) is 0.200. The number of benzene rings is 2. The lowest BCUT2D eigenvalue weighted by atomic mass is 10.2. The van der Waals surface area contributed by atoms with Gasteiger partial charge in [0, 0.05) is 22.9 Å². The number of esters is 1. The van der Waals surface area contributed by atoms with Crippen molar-refractivity contribution < 1.29 is 22.7 Å². The molecule has 3 aromatic rings. The highest BCUT2D eigenvalue weighted by molar-refractivity contribution is 7.89. The summed E-state index contributed by atoms with van der Waals surface area (Å²) < 4.78 is 32.5. The van der Waals surface area contributed by atoms with Crippen molar-refractivity contribution in [3.05, 3.63) is 65.0 Å². The molecule has 1 aromatic heterocycles. The third-order valence-corrected chi connectivity index (χ3v) is 7.10. The van der Waals surface area contributed by atoms with Crippen molar-refractivity contribution in [2.45, 2.75) is 18.4 Å². The van der Waals surface area contributed by atoms with Crippen molar-refractivity contribution in [1.29, 1.82) is 0 Å². The van der Waals surface area contributed by atoms with Crippen molar-refractivity contribution in [1.82, 2.24) is 4.31 Å². The van der Waals surface area contributed by atoms with Gasteiger partial charge in [0.05, 0.1) is 4.90 Å². The van der Waals surface area contributed by atoms with Crippen molar-refractivity contribution in [3.63, 3.8) is 0 Å². The summed E-state index contributed by atoms with van der Waals surface area (Å²) >= 11 is 1.56. The predicted octanol–water partition coefficient (Wildman–Crippen LogP) is 3.47. The Labute approximate surface area is 167 Å². The van der Waals surface area contributed by atoms with Crippen molar-refractivity contribution in [2.24, 2.45) is 0 Å². The van der Waals surface area contributed by atoms with Gasteiger partial charge in [-0.3, -0.25) is 9.59 Å². The van der Waals surface area contributed by atoms with Crippen LogP contribution < -0.4 is 0 Å². The summed E-state index contributed by atoms with van der Waals surface area (Å²) in [6.45, 7) is 1.09. The summed E-state index contributed by atoms with van der Waals surface area (Å²) in [6.07, 6.45) is 0. The molecular formula is C20H19NO5S2. The van der Waals surface area contributed by atoms with E-state index in [-0.39, 0.29) is 17.3 Å². The van der Waals surface area contributed by atoms with E-state index in [9.17, 15) is 18.0 Å². The van der Waals surface area contributed by atoms with Crippen LogP contribution in [-0.4, -0.2) is 38.1 Å². The minimum atomic E-state index is -3.86. The van der Waals surface area contributed by atoms with Crippen LogP contribution >= 0.6 is 11.3 Å². The number of ether oxygens (including phenoxy) is 1. The second kappa shape index (κ2) is 8.22. The largest absolute Gasteiger partial charge is 0.460 e. The number of Topliss-reactive ketones (excluding diaryl/α,β-unsaturated/α-hetero) is 1. The number of ketones is 1. The average molecular weight is 418 g/mol. The molecule has 0 atom stereocenters. The quantitative estimate of drug-likeness (QED) is 0.434. The van der Waals surface area contributed by atoms with Gasteiger partial charge in [-0.25, -0.2) is 8.42 Å². The molecule has 0 bridgehead atoms. The number of carbonyl (C=O) groups excluding carboxylic acids is 2. The van der Waals surface area contributed by atoms with Gasteiger partial charge in [0.25, 0.3) is 0 Å². The van der Waals surface area contributed by atoms with Crippen LogP contribution in [0.25, 0.3) is 10.1 Å². The Hall–Kier alpha value is -2.55. The standard InChI is InChI=1S/C20H19NO5S2/c1-14(22)15-7-9-17(10-8-15)28(24,25)21(2)11-20(23)26-12-16-13-27-19-6-4-3-5-18(16)19/h3-10,13H,11-12H2,1-2H3. The SMILES string of the molecule is CC(=O)c1ccc(S(=O)(=O)N(C)CC(=O)OCc2csc3ccccc23)cc1. The van der Waals surface area contributed by atoms with Crippen molar-refractivity contribution >= 4 is 43.2 Å². The number of hydrogen-bond donors (Lipinski definition) is 0. The zero-order valence-corrected chi connectivity index (χ0v) is 17.0. The van der Waals surface area contributed by atoms with Gasteiger partial charge in [-0.1, -0.05) is 30.3 Å². The molecule has 0 radical (unpaired) electrons. The molecule has 0 aliphatic rings. The zero-order valence-electron chi connectivity index (χ0n) is 15.4. The number of rotatable bonds is 7. The van der Waals surface area contributed by atoms with Gasteiger partial charge in [0.2, 0.25) is 10.0 Å². The number of fused-ring (bicyclic) bond motifs is 1. The van der Waals surface area contributed by atoms with Gasteiger partial charge < -0.3 is 4.74 Å². The van der Waals surface area contributed by atoms with Gasteiger partial charge in [0.1, 0.15) is 13.2 Å². The highest BCUT2D eigenvalue weighted by atomic mass is 32.2. The maximum absolute atomic E-state index is 12.6. The Balaban J connectivity index is 1.63. The summed E-state index contributed by atoms with van der Waals surface area (Å²) in [5, 5.41) is 2.95. The second-order valence-electron chi connectivity index (χ2n) is 6.26. The van der Waals surface area contributed by atoms with Crippen LogP contribution in [0.2, 0.25) is 0 Å². The lowest BCUT2D eigenvalue weighted by molar-refractivity contribution is -0.144. The first-order chi connectivity index (χ1) is 13.3. The maximum atomic E-state index is 12.6. The lowest BCUT2D eigenvalue weighted by Crippen LogP contribution is -2.33. The Kier molecular flexibility index (Phi) is 5.93. The molecule has 0 amide bonds. The molecule has 0 unspecified atom stereocenters. The van der Waals surface area contributed by atoms with Gasteiger partial charge in [-0.2, -0.15) is 4.31 Å². The van der Waals surface area contributed by atoms with E-state index in [1.165, 1.54) is 38.2 Å². The molecule has 1 heterocycles. The molecule has 146 valence electrons. The summed E-state index contributed by atoms with van der Waals surface area (Å²) in [5.41, 5.74) is 1.31. The number of thiophene rings is 1. The van der Waals surface area contributed by atoms with Crippen LogP contribution in [0, 0.1) is 0 Å². The molecule has 0 aliphatic heterocycles. The zero-order chi connectivity index (χ0) is 20.3. The van der Waals surface area contributed by atoms with E-state index in [1.54, 1.807) is 11.3 Å².